The van der Waals surface area contributed by atoms with Gasteiger partial charge in [-0.3, -0.25) is 0 Å². The van der Waals surface area contributed by atoms with Crippen LogP contribution < -0.4 is 4.74 Å². The predicted molar refractivity (Wildman–Crippen MR) is 68.4 cm³/mol. The van der Waals surface area contributed by atoms with Crippen molar-refractivity contribution in [3.05, 3.63) is 29.6 Å². The molecule has 0 heterocycles. The molecule has 0 spiro atoms. The Morgan fingerprint density at radius 1 is 1.41 bits per heavy atom. The van der Waals surface area contributed by atoms with Crippen molar-refractivity contribution in [3.8, 4) is 5.75 Å². The van der Waals surface area contributed by atoms with Gasteiger partial charge in [-0.2, -0.15) is 4.40 Å². The average Bonchev–Trinajstić information content (AvgIpc) is 2.25. The van der Waals surface area contributed by atoms with Crippen LogP contribution in [-0.2, 0) is 11.0 Å². The van der Waals surface area contributed by atoms with Crippen LogP contribution in [0.4, 0.5) is 4.39 Å². The average molecular weight is 257 g/mol. The number of rotatable bonds is 3. The van der Waals surface area contributed by atoms with Crippen LogP contribution in [0.3, 0.4) is 0 Å². The molecule has 0 unspecified atom stereocenters. The second kappa shape index (κ2) is 5.40. The molecule has 1 aromatic rings. The Balaban J connectivity index is 3.03. The standard InChI is InChI=1S/C12H16FNO2S/c1-12(2,3)17(15)14-8-9-10(13)6-5-7-11(9)16-4/h5-8H,1-4H3/b14-8+/t17-/m1/s1. The van der Waals surface area contributed by atoms with Crippen molar-refractivity contribution in [2.75, 3.05) is 7.11 Å². The first-order valence-electron chi connectivity index (χ1n) is 5.15. The molecule has 0 bridgehead atoms. The van der Waals surface area contributed by atoms with E-state index in [-0.39, 0.29) is 5.56 Å². The number of nitrogens with zero attached hydrogens (tertiary/aromatic N) is 1. The molecule has 0 aliphatic carbocycles. The molecule has 0 aliphatic rings. The minimum atomic E-state index is -1.41. The molecule has 0 N–H and O–H groups in total. The van der Waals surface area contributed by atoms with E-state index in [0.29, 0.717) is 5.75 Å². The van der Waals surface area contributed by atoms with Crippen molar-refractivity contribution < 1.29 is 13.3 Å². The lowest BCUT2D eigenvalue weighted by Crippen LogP contribution is -2.19. The van der Waals surface area contributed by atoms with Crippen molar-refractivity contribution in [1.29, 1.82) is 0 Å². The van der Waals surface area contributed by atoms with Crippen LogP contribution in [0.5, 0.6) is 5.75 Å². The summed E-state index contributed by atoms with van der Waals surface area (Å²) in [6.07, 6.45) is 1.26. The van der Waals surface area contributed by atoms with Gasteiger partial charge in [-0.15, -0.1) is 0 Å². The summed E-state index contributed by atoms with van der Waals surface area (Å²) < 4.78 is 33.6. The Morgan fingerprint density at radius 3 is 2.59 bits per heavy atom. The molecule has 94 valence electrons. The lowest BCUT2D eigenvalue weighted by Gasteiger charge is -2.13. The molecule has 1 rings (SSSR count). The molecule has 3 nitrogen and oxygen atoms in total. The van der Waals surface area contributed by atoms with Gasteiger partial charge in [0.1, 0.15) is 22.6 Å². The Morgan fingerprint density at radius 2 is 2.06 bits per heavy atom. The number of hydrogen-bond donors (Lipinski definition) is 0. The molecule has 0 amide bonds. The minimum Gasteiger partial charge on any atom is -0.496 e. The third kappa shape index (κ3) is 3.63. The maximum absolute atomic E-state index is 13.5. The number of methoxy groups -OCH3 is 1. The number of halogens is 1. The van der Waals surface area contributed by atoms with E-state index in [0.717, 1.165) is 0 Å². The van der Waals surface area contributed by atoms with Crippen LogP contribution in [0.2, 0.25) is 0 Å². The zero-order valence-corrected chi connectivity index (χ0v) is 11.2. The Labute approximate surface area is 103 Å². The second-order valence-corrected chi connectivity index (χ2v) is 6.39. The highest BCUT2D eigenvalue weighted by Crippen LogP contribution is 2.20. The zero-order valence-electron chi connectivity index (χ0n) is 10.4. The van der Waals surface area contributed by atoms with Crippen LogP contribution in [-0.4, -0.2) is 22.3 Å². The summed E-state index contributed by atoms with van der Waals surface area (Å²) in [6.45, 7) is 5.41. The van der Waals surface area contributed by atoms with Crippen molar-refractivity contribution in [1.82, 2.24) is 0 Å². The van der Waals surface area contributed by atoms with Gasteiger partial charge in [0.2, 0.25) is 0 Å². The highest BCUT2D eigenvalue weighted by molar-refractivity contribution is 7.85. The fourth-order valence-electron chi connectivity index (χ4n) is 1.08. The van der Waals surface area contributed by atoms with Gasteiger partial charge < -0.3 is 4.74 Å². The van der Waals surface area contributed by atoms with Gasteiger partial charge >= 0.3 is 0 Å². The van der Waals surface area contributed by atoms with E-state index < -0.39 is 21.5 Å². The highest BCUT2D eigenvalue weighted by Gasteiger charge is 2.18. The number of ether oxygens (including phenoxy) is 1. The molecular weight excluding hydrogens is 241 g/mol. The Kier molecular flexibility index (Phi) is 4.40. The zero-order chi connectivity index (χ0) is 13.1. The van der Waals surface area contributed by atoms with Gasteiger partial charge in [-0.25, -0.2) is 8.60 Å². The predicted octanol–water partition coefficient (Wildman–Crippen LogP) is 2.72. The third-order valence-electron chi connectivity index (χ3n) is 2.03. The van der Waals surface area contributed by atoms with Crippen molar-refractivity contribution >= 4 is 17.2 Å². The van der Waals surface area contributed by atoms with Gasteiger partial charge in [-0.05, 0) is 32.9 Å². The molecular formula is C12H16FNO2S. The van der Waals surface area contributed by atoms with Crippen molar-refractivity contribution in [2.24, 2.45) is 4.40 Å². The maximum atomic E-state index is 13.5. The molecule has 0 aliphatic heterocycles. The van der Waals surface area contributed by atoms with Gasteiger partial charge in [0.25, 0.3) is 0 Å². The van der Waals surface area contributed by atoms with Gasteiger partial charge in [0.05, 0.1) is 23.6 Å². The van der Waals surface area contributed by atoms with Gasteiger partial charge in [0.15, 0.2) is 0 Å². The SMILES string of the molecule is COc1cccc(F)c1/C=N/[S@](=O)C(C)(C)C. The molecule has 0 fully saturated rings. The topological polar surface area (TPSA) is 38.7 Å². The molecule has 0 saturated heterocycles. The Hall–Kier alpha value is -1.23. The molecule has 5 heteroatoms. The lowest BCUT2D eigenvalue weighted by molar-refractivity contribution is 0.410. The summed E-state index contributed by atoms with van der Waals surface area (Å²) in [7, 11) is 0.0421. The Bertz CT molecular complexity index is 452. The summed E-state index contributed by atoms with van der Waals surface area (Å²) in [5.41, 5.74) is 0.215. The smallest absolute Gasteiger partial charge is 0.144 e. The number of hydrogen-bond acceptors (Lipinski definition) is 2. The first-order valence-corrected chi connectivity index (χ1v) is 6.25. The van der Waals surface area contributed by atoms with E-state index in [2.05, 4.69) is 4.40 Å². The second-order valence-electron chi connectivity index (χ2n) is 4.45. The molecule has 1 atom stereocenters. The molecule has 0 aromatic heterocycles. The van der Waals surface area contributed by atoms with Crippen LogP contribution in [0, 0.1) is 5.82 Å². The minimum absolute atomic E-state index is 0.215. The van der Waals surface area contributed by atoms with Crippen LogP contribution in [0.15, 0.2) is 22.6 Å². The largest absolute Gasteiger partial charge is 0.496 e. The fourth-order valence-corrected chi connectivity index (χ4v) is 1.60. The van der Waals surface area contributed by atoms with Crippen LogP contribution >= 0.6 is 0 Å². The first-order chi connectivity index (χ1) is 7.86. The van der Waals surface area contributed by atoms with E-state index >= 15 is 0 Å². The van der Waals surface area contributed by atoms with E-state index in [1.807, 2.05) is 0 Å². The first kappa shape index (κ1) is 13.8. The summed E-state index contributed by atoms with van der Waals surface area (Å²) in [4.78, 5) is 0. The monoisotopic (exact) mass is 257 g/mol. The highest BCUT2D eigenvalue weighted by atomic mass is 32.2. The molecule has 17 heavy (non-hydrogen) atoms. The normalized spacial score (nSPS) is 13.9. The molecule has 1 aromatic carbocycles. The van der Waals surface area contributed by atoms with Gasteiger partial charge in [-0.1, -0.05) is 6.07 Å². The maximum Gasteiger partial charge on any atom is 0.144 e. The van der Waals surface area contributed by atoms with Gasteiger partial charge in [0, 0.05) is 0 Å². The number of benzene rings is 1. The fraction of sp³-hybridized carbons (Fsp3) is 0.417. The van der Waals surface area contributed by atoms with Crippen molar-refractivity contribution in [2.45, 2.75) is 25.5 Å². The molecule has 0 saturated carbocycles. The summed E-state index contributed by atoms with van der Waals surface area (Å²) in [6, 6.07) is 4.49. The van der Waals surface area contributed by atoms with E-state index in [4.69, 9.17) is 4.74 Å². The third-order valence-corrected chi connectivity index (χ3v) is 3.38. The van der Waals surface area contributed by atoms with Crippen LogP contribution in [0.1, 0.15) is 26.3 Å². The van der Waals surface area contributed by atoms with E-state index in [1.165, 1.54) is 19.4 Å². The quantitative estimate of drug-likeness (QED) is 0.781. The summed E-state index contributed by atoms with van der Waals surface area (Å²) in [5.74, 6) is -0.0707. The summed E-state index contributed by atoms with van der Waals surface area (Å²) >= 11 is 0. The van der Waals surface area contributed by atoms with Crippen molar-refractivity contribution in [3.63, 3.8) is 0 Å². The molecule has 0 radical (unpaired) electrons. The lowest BCUT2D eigenvalue weighted by atomic mass is 10.2. The van der Waals surface area contributed by atoms with E-state index in [1.54, 1.807) is 32.9 Å². The van der Waals surface area contributed by atoms with Crippen LogP contribution in [0.25, 0.3) is 0 Å². The summed E-state index contributed by atoms with van der Waals surface area (Å²) in [5, 5.41) is 0. The van der Waals surface area contributed by atoms with E-state index in [9.17, 15) is 8.60 Å².